The third kappa shape index (κ3) is 4.73. The third-order valence-corrected chi connectivity index (χ3v) is 3.94. The van der Waals surface area contributed by atoms with Gasteiger partial charge in [0.05, 0.1) is 4.90 Å². The molecule has 0 fully saturated rings. The van der Waals surface area contributed by atoms with Crippen LogP contribution in [0.3, 0.4) is 0 Å². The molecule has 2 rings (SSSR count). The van der Waals surface area contributed by atoms with Gasteiger partial charge in [0.25, 0.3) is 9.05 Å². The van der Waals surface area contributed by atoms with E-state index in [9.17, 15) is 13.2 Å². The predicted octanol–water partition coefficient (Wildman–Crippen LogP) is 2.33. The first-order valence-corrected chi connectivity index (χ1v) is 8.24. The molecule has 1 aromatic heterocycles. The molecule has 2 N–H and O–H groups in total. The van der Waals surface area contributed by atoms with Gasteiger partial charge in [0.15, 0.2) is 0 Å². The van der Waals surface area contributed by atoms with Crippen molar-refractivity contribution in [2.24, 2.45) is 0 Å². The van der Waals surface area contributed by atoms with Crippen LogP contribution in [0.25, 0.3) is 0 Å². The second kappa shape index (κ2) is 6.55. The fourth-order valence-electron chi connectivity index (χ4n) is 1.56. The van der Waals surface area contributed by atoms with Gasteiger partial charge in [-0.1, -0.05) is 6.07 Å². The van der Waals surface area contributed by atoms with Gasteiger partial charge in [-0.25, -0.2) is 13.2 Å². The lowest BCUT2D eigenvalue weighted by Crippen LogP contribution is -2.28. The summed E-state index contributed by atoms with van der Waals surface area (Å²) in [6.45, 7) is 0.341. The summed E-state index contributed by atoms with van der Waals surface area (Å²) < 4.78 is 22.2. The topological polar surface area (TPSA) is 88.2 Å². The van der Waals surface area contributed by atoms with Crippen LogP contribution in [0, 0.1) is 0 Å². The van der Waals surface area contributed by atoms with Crippen molar-refractivity contribution >= 4 is 31.5 Å². The Balaban J connectivity index is 1.91. The Morgan fingerprint density at radius 3 is 2.48 bits per heavy atom. The summed E-state index contributed by atoms with van der Waals surface area (Å²) in [5.41, 5.74) is 1.33. The quantitative estimate of drug-likeness (QED) is 0.844. The van der Waals surface area contributed by atoms with E-state index in [1.54, 1.807) is 18.5 Å². The zero-order valence-electron chi connectivity index (χ0n) is 10.8. The number of hydrogen-bond acceptors (Lipinski definition) is 4. The van der Waals surface area contributed by atoms with Crippen LogP contribution < -0.4 is 10.6 Å². The van der Waals surface area contributed by atoms with Crippen molar-refractivity contribution in [2.75, 3.05) is 5.32 Å². The molecule has 1 heterocycles. The standard InChI is InChI=1S/C13H12ClN3O3S/c14-21(19,20)12-5-3-11(4-6-12)17-13(18)16-9-10-2-1-7-15-8-10/h1-8H,9H2,(H2,16,17,18). The molecule has 110 valence electrons. The van der Waals surface area contributed by atoms with Crippen molar-refractivity contribution in [3.8, 4) is 0 Å². The highest BCUT2D eigenvalue weighted by atomic mass is 35.7. The van der Waals surface area contributed by atoms with E-state index < -0.39 is 15.1 Å². The molecule has 0 radical (unpaired) electrons. The second-order valence-electron chi connectivity index (χ2n) is 4.13. The number of rotatable bonds is 4. The maximum absolute atomic E-state index is 11.7. The highest BCUT2D eigenvalue weighted by Crippen LogP contribution is 2.17. The molecule has 1 aromatic carbocycles. The average Bonchev–Trinajstić information content (AvgIpc) is 2.46. The Bertz CT molecular complexity index is 718. The lowest BCUT2D eigenvalue weighted by atomic mass is 10.3. The lowest BCUT2D eigenvalue weighted by molar-refractivity contribution is 0.251. The molecule has 8 heteroatoms. The maximum Gasteiger partial charge on any atom is 0.319 e. The van der Waals surface area contributed by atoms with E-state index in [-0.39, 0.29) is 4.90 Å². The van der Waals surface area contributed by atoms with Crippen LogP contribution in [0.5, 0.6) is 0 Å². The average molecular weight is 326 g/mol. The minimum atomic E-state index is -3.76. The zero-order valence-corrected chi connectivity index (χ0v) is 12.4. The molecule has 0 saturated heterocycles. The predicted molar refractivity (Wildman–Crippen MR) is 79.6 cm³/mol. The summed E-state index contributed by atoms with van der Waals surface area (Å²) in [6.07, 6.45) is 3.30. The van der Waals surface area contributed by atoms with Crippen molar-refractivity contribution in [1.82, 2.24) is 10.3 Å². The molecule has 0 spiro atoms. The van der Waals surface area contributed by atoms with Gasteiger partial charge < -0.3 is 10.6 Å². The third-order valence-electron chi connectivity index (χ3n) is 2.57. The molecular formula is C13H12ClN3O3S. The molecule has 2 amide bonds. The molecule has 6 nitrogen and oxygen atoms in total. The van der Waals surface area contributed by atoms with Gasteiger partial charge in [-0.2, -0.15) is 0 Å². The zero-order chi connectivity index (χ0) is 15.3. The van der Waals surface area contributed by atoms with E-state index in [1.807, 2.05) is 6.07 Å². The molecule has 0 bridgehead atoms. The summed E-state index contributed by atoms with van der Waals surface area (Å²) in [7, 11) is 1.44. The van der Waals surface area contributed by atoms with Crippen molar-refractivity contribution in [3.63, 3.8) is 0 Å². The SMILES string of the molecule is O=C(NCc1cccnc1)Nc1ccc(S(=O)(=O)Cl)cc1. The van der Waals surface area contributed by atoms with Crippen LogP contribution in [-0.2, 0) is 15.6 Å². The van der Waals surface area contributed by atoms with Crippen molar-refractivity contribution in [3.05, 3.63) is 54.4 Å². The van der Waals surface area contributed by atoms with Gasteiger partial charge >= 0.3 is 6.03 Å². The summed E-state index contributed by atoms with van der Waals surface area (Å²) in [5, 5.41) is 5.24. The van der Waals surface area contributed by atoms with Gasteiger partial charge in [-0.05, 0) is 35.9 Å². The maximum atomic E-state index is 11.7. The molecule has 0 atom stereocenters. The van der Waals surface area contributed by atoms with E-state index in [2.05, 4.69) is 15.6 Å². The Kier molecular flexibility index (Phi) is 4.77. The van der Waals surface area contributed by atoms with Crippen LogP contribution in [0.15, 0.2) is 53.7 Å². The number of nitrogens with one attached hydrogen (secondary N) is 2. The number of halogens is 1. The molecule has 0 aliphatic heterocycles. The minimum Gasteiger partial charge on any atom is -0.334 e. The van der Waals surface area contributed by atoms with Crippen LogP contribution in [0.4, 0.5) is 10.5 Å². The summed E-state index contributed by atoms with van der Waals surface area (Å²) >= 11 is 0. The number of carbonyl (C=O) groups excluding carboxylic acids is 1. The Morgan fingerprint density at radius 1 is 1.19 bits per heavy atom. The number of amides is 2. The van der Waals surface area contributed by atoms with Crippen molar-refractivity contribution in [2.45, 2.75) is 11.4 Å². The summed E-state index contributed by atoms with van der Waals surface area (Å²) in [4.78, 5) is 15.6. The summed E-state index contributed by atoms with van der Waals surface area (Å²) in [5.74, 6) is 0. The van der Waals surface area contributed by atoms with Crippen LogP contribution in [-0.4, -0.2) is 19.4 Å². The van der Waals surface area contributed by atoms with Crippen LogP contribution in [0.2, 0.25) is 0 Å². The molecule has 0 unspecified atom stereocenters. The Labute approximate surface area is 126 Å². The first-order chi connectivity index (χ1) is 9.95. The number of benzene rings is 1. The number of nitrogens with zero attached hydrogens (tertiary/aromatic N) is 1. The van der Waals surface area contributed by atoms with Crippen LogP contribution in [0.1, 0.15) is 5.56 Å². The Morgan fingerprint density at radius 2 is 1.90 bits per heavy atom. The minimum absolute atomic E-state index is 0.0227. The molecule has 0 aliphatic rings. The van der Waals surface area contributed by atoms with Crippen LogP contribution >= 0.6 is 10.7 Å². The fourth-order valence-corrected chi connectivity index (χ4v) is 2.33. The summed E-state index contributed by atoms with van der Waals surface area (Å²) in [6, 6.07) is 8.77. The fraction of sp³-hybridized carbons (Fsp3) is 0.0769. The Hall–Kier alpha value is -2.12. The number of aromatic nitrogens is 1. The monoisotopic (exact) mass is 325 g/mol. The molecule has 2 aromatic rings. The van der Waals surface area contributed by atoms with E-state index in [0.29, 0.717) is 12.2 Å². The highest BCUT2D eigenvalue weighted by Gasteiger charge is 2.09. The normalized spacial score (nSPS) is 10.9. The number of anilines is 1. The van der Waals surface area contributed by atoms with E-state index >= 15 is 0 Å². The van der Waals surface area contributed by atoms with Gasteiger partial charge in [0.1, 0.15) is 0 Å². The van der Waals surface area contributed by atoms with Gasteiger partial charge in [-0.3, -0.25) is 4.98 Å². The molecule has 0 aliphatic carbocycles. The van der Waals surface area contributed by atoms with Crippen molar-refractivity contribution in [1.29, 1.82) is 0 Å². The van der Waals surface area contributed by atoms with Gasteiger partial charge in [-0.15, -0.1) is 0 Å². The number of carbonyl (C=O) groups is 1. The first-order valence-electron chi connectivity index (χ1n) is 5.93. The number of urea groups is 1. The first kappa shape index (κ1) is 15.3. The highest BCUT2D eigenvalue weighted by molar-refractivity contribution is 8.13. The lowest BCUT2D eigenvalue weighted by Gasteiger charge is -2.07. The smallest absolute Gasteiger partial charge is 0.319 e. The molecular weight excluding hydrogens is 314 g/mol. The molecule has 0 saturated carbocycles. The van der Waals surface area contributed by atoms with Gasteiger partial charge in [0.2, 0.25) is 0 Å². The second-order valence-corrected chi connectivity index (χ2v) is 6.70. The van der Waals surface area contributed by atoms with Crippen molar-refractivity contribution < 1.29 is 13.2 Å². The van der Waals surface area contributed by atoms with E-state index in [4.69, 9.17) is 10.7 Å². The van der Waals surface area contributed by atoms with Gasteiger partial charge in [0, 0.05) is 35.3 Å². The number of pyridine rings is 1. The van der Waals surface area contributed by atoms with E-state index in [0.717, 1.165) is 5.56 Å². The number of hydrogen-bond donors (Lipinski definition) is 2. The molecule has 21 heavy (non-hydrogen) atoms. The van der Waals surface area contributed by atoms with E-state index in [1.165, 1.54) is 24.3 Å². The largest absolute Gasteiger partial charge is 0.334 e.